The Hall–Kier alpha value is -1.10. The van der Waals surface area contributed by atoms with Gasteiger partial charge >= 0.3 is 0 Å². The maximum absolute atomic E-state index is 12.1. The van der Waals surface area contributed by atoms with Crippen LogP contribution in [0.4, 0.5) is 0 Å². The van der Waals surface area contributed by atoms with Gasteiger partial charge in [0.1, 0.15) is 0 Å². The monoisotopic (exact) mass is 337 g/mol. The van der Waals surface area contributed by atoms with Crippen LogP contribution in [0.3, 0.4) is 0 Å². The van der Waals surface area contributed by atoms with Crippen LogP contribution in [0.25, 0.3) is 0 Å². The third-order valence-corrected chi connectivity index (χ3v) is 9.54. The lowest BCUT2D eigenvalue weighted by molar-refractivity contribution is -0.118. The van der Waals surface area contributed by atoms with E-state index in [4.69, 9.17) is 0 Å². The molecule has 4 fully saturated rings. The predicted molar refractivity (Wildman–Crippen MR) is 97.3 cm³/mol. The van der Waals surface area contributed by atoms with Gasteiger partial charge in [-0.2, -0.15) is 5.26 Å². The summed E-state index contributed by atoms with van der Waals surface area (Å²) in [7, 11) is 0. The molecule has 25 heavy (non-hydrogen) atoms. The molecule has 0 aromatic carbocycles. The minimum atomic E-state index is 0.244. The Labute approximate surface area is 152 Å². The van der Waals surface area contributed by atoms with Crippen molar-refractivity contribution < 1.29 is 4.79 Å². The number of fused-ring (bicyclic) bond motifs is 7. The molecule has 0 heterocycles. The number of hydrogen-bond acceptors (Lipinski definition) is 2. The minimum Gasteiger partial charge on any atom is -0.295 e. The zero-order valence-corrected chi connectivity index (χ0v) is 15.9. The molecule has 0 N–H and O–H groups in total. The van der Waals surface area contributed by atoms with Crippen LogP contribution in [-0.2, 0) is 4.79 Å². The van der Waals surface area contributed by atoms with E-state index in [1.54, 1.807) is 0 Å². The van der Waals surface area contributed by atoms with E-state index in [0.29, 0.717) is 23.5 Å². The molecule has 0 bridgehead atoms. The SMILES string of the molecule is CCC1C[C@H]2[C@@H]3[C@@H]4C[C@@H]4[C@H](C#N)[C@@]3(C)CC[C@@H]2[C@@]2(C)CCC(=O)C=C12. The molecular weight excluding hydrogens is 306 g/mol. The first-order chi connectivity index (χ1) is 11.9. The van der Waals surface area contributed by atoms with Crippen molar-refractivity contribution in [2.75, 3.05) is 0 Å². The molecule has 5 aliphatic carbocycles. The Kier molecular flexibility index (Phi) is 3.22. The van der Waals surface area contributed by atoms with E-state index in [1.165, 1.54) is 31.3 Å². The molecule has 2 nitrogen and oxygen atoms in total. The van der Waals surface area contributed by atoms with Gasteiger partial charge in [0.15, 0.2) is 5.78 Å². The summed E-state index contributed by atoms with van der Waals surface area (Å²) in [6.45, 7) is 7.24. The fraction of sp³-hybridized carbons (Fsp3) is 0.826. The average Bonchev–Trinajstić information content (AvgIpc) is 3.30. The van der Waals surface area contributed by atoms with Gasteiger partial charge in [0.25, 0.3) is 0 Å². The maximum Gasteiger partial charge on any atom is 0.155 e. The molecular formula is C23H31NO. The first-order valence-electron chi connectivity index (χ1n) is 10.6. The second-order valence-corrected chi connectivity index (χ2v) is 10.3. The quantitative estimate of drug-likeness (QED) is 0.664. The van der Waals surface area contributed by atoms with Crippen molar-refractivity contribution in [3.05, 3.63) is 11.6 Å². The van der Waals surface area contributed by atoms with Gasteiger partial charge in [-0.05, 0) is 90.9 Å². The molecule has 0 radical (unpaired) electrons. The molecule has 0 spiro atoms. The highest BCUT2D eigenvalue weighted by atomic mass is 16.1. The van der Waals surface area contributed by atoms with Gasteiger partial charge in [0.05, 0.1) is 12.0 Å². The van der Waals surface area contributed by atoms with Crippen LogP contribution in [0.5, 0.6) is 0 Å². The van der Waals surface area contributed by atoms with Crippen molar-refractivity contribution in [3.8, 4) is 6.07 Å². The van der Waals surface area contributed by atoms with Crippen LogP contribution in [0.1, 0.15) is 65.7 Å². The Bertz CT molecular complexity index is 701. The van der Waals surface area contributed by atoms with E-state index in [2.05, 4.69) is 26.8 Å². The summed E-state index contributed by atoms with van der Waals surface area (Å²) < 4.78 is 0. The van der Waals surface area contributed by atoms with E-state index in [0.717, 1.165) is 42.9 Å². The largest absolute Gasteiger partial charge is 0.295 e. The zero-order chi connectivity index (χ0) is 17.6. The normalized spacial score (nSPS) is 56.0. The topological polar surface area (TPSA) is 40.9 Å². The number of nitrogens with zero attached hydrogens (tertiary/aromatic N) is 1. The number of hydrogen-bond donors (Lipinski definition) is 0. The van der Waals surface area contributed by atoms with Crippen LogP contribution < -0.4 is 0 Å². The van der Waals surface area contributed by atoms with Gasteiger partial charge in [-0.3, -0.25) is 4.79 Å². The third-order valence-electron chi connectivity index (χ3n) is 9.54. The van der Waals surface area contributed by atoms with E-state index in [1.807, 2.05) is 6.08 Å². The number of rotatable bonds is 1. The Morgan fingerprint density at radius 3 is 2.72 bits per heavy atom. The van der Waals surface area contributed by atoms with Crippen LogP contribution in [-0.4, -0.2) is 5.78 Å². The van der Waals surface area contributed by atoms with Crippen LogP contribution >= 0.6 is 0 Å². The highest BCUT2D eigenvalue weighted by Gasteiger charge is 2.70. The number of ketones is 1. The summed E-state index contributed by atoms with van der Waals surface area (Å²) in [4.78, 5) is 12.1. The molecule has 4 saturated carbocycles. The lowest BCUT2D eigenvalue weighted by atomic mass is 9.44. The Balaban J connectivity index is 1.57. The molecule has 9 atom stereocenters. The summed E-state index contributed by atoms with van der Waals surface area (Å²) >= 11 is 0. The number of carbonyl (C=O) groups excluding carboxylic acids is 1. The first kappa shape index (κ1) is 16.1. The van der Waals surface area contributed by atoms with E-state index in [-0.39, 0.29) is 10.8 Å². The van der Waals surface area contributed by atoms with E-state index in [9.17, 15) is 10.1 Å². The second-order valence-electron chi connectivity index (χ2n) is 10.3. The lowest BCUT2D eigenvalue weighted by Crippen LogP contribution is -2.53. The van der Waals surface area contributed by atoms with Gasteiger partial charge in [-0.25, -0.2) is 0 Å². The zero-order valence-electron chi connectivity index (χ0n) is 15.9. The smallest absolute Gasteiger partial charge is 0.155 e. The number of allylic oxidation sites excluding steroid dienone is 1. The maximum atomic E-state index is 12.1. The van der Waals surface area contributed by atoms with Crippen molar-refractivity contribution in [3.63, 3.8) is 0 Å². The van der Waals surface area contributed by atoms with E-state index >= 15 is 0 Å². The average molecular weight is 338 g/mol. The Morgan fingerprint density at radius 1 is 1.20 bits per heavy atom. The van der Waals surface area contributed by atoms with Crippen molar-refractivity contribution in [1.29, 1.82) is 5.26 Å². The van der Waals surface area contributed by atoms with Crippen LogP contribution in [0, 0.1) is 63.6 Å². The minimum absolute atomic E-state index is 0.244. The molecule has 0 saturated heterocycles. The Morgan fingerprint density at radius 2 is 2.00 bits per heavy atom. The van der Waals surface area contributed by atoms with E-state index < -0.39 is 0 Å². The molecule has 0 aromatic heterocycles. The second kappa shape index (κ2) is 4.99. The van der Waals surface area contributed by atoms with Gasteiger partial charge < -0.3 is 0 Å². The molecule has 134 valence electrons. The lowest BCUT2D eigenvalue weighted by Gasteiger charge is -2.60. The van der Waals surface area contributed by atoms with Crippen LogP contribution in [0.15, 0.2) is 11.6 Å². The number of nitriles is 1. The fourth-order valence-corrected chi connectivity index (χ4v) is 8.39. The van der Waals surface area contributed by atoms with Crippen molar-refractivity contribution in [2.24, 2.45) is 52.3 Å². The fourth-order valence-electron chi connectivity index (χ4n) is 8.39. The van der Waals surface area contributed by atoms with Gasteiger partial charge in [0.2, 0.25) is 0 Å². The summed E-state index contributed by atoms with van der Waals surface area (Å²) in [5.41, 5.74) is 2.01. The number of carbonyl (C=O) groups is 1. The van der Waals surface area contributed by atoms with Gasteiger partial charge in [0, 0.05) is 6.42 Å². The van der Waals surface area contributed by atoms with Gasteiger partial charge in [-0.1, -0.05) is 26.3 Å². The molecule has 2 heteroatoms. The first-order valence-corrected chi connectivity index (χ1v) is 10.6. The van der Waals surface area contributed by atoms with Crippen molar-refractivity contribution in [1.82, 2.24) is 0 Å². The molecule has 0 aromatic rings. The predicted octanol–water partition coefficient (Wildman–Crippen LogP) is 5.15. The highest BCUT2D eigenvalue weighted by Crippen LogP contribution is 2.75. The van der Waals surface area contributed by atoms with Gasteiger partial charge in [-0.15, -0.1) is 0 Å². The summed E-state index contributed by atoms with van der Waals surface area (Å²) in [6.07, 6.45) is 10.1. The standard InChI is InChI=1S/C23H31NO/c1-4-13-9-17-18(22(2)7-5-14(25)10-19(13)22)6-8-23(3)20(12-24)15-11-16(15)21(17)23/h10,13,15-18,20-21H,4-9,11H2,1-3H3/t13?,15-,16+,17+,18-,20-,21-,22+,23+/m0/s1. The highest BCUT2D eigenvalue weighted by molar-refractivity contribution is 5.91. The molecule has 5 aliphatic rings. The molecule has 1 unspecified atom stereocenters. The third kappa shape index (κ3) is 1.88. The summed E-state index contributed by atoms with van der Waals surface area (Å²) in [5, 5.41) is 9.83. The molecule has 0 amide bonds. The van der Waals surface area contributed by atoms with Crippen LogP contribution in [0.2, 0.25) is 0 Å². The van der Waals surface area contributed by atoms with Crippen molar-refractivity contribution in [2.45, 2.75) is 65.7 Å². The summed E-state index contributed by atoms with van der Waals surface area (Å²) in [6, 6.07) is 2.73. The molecule has 5 rings (SSSR count). The summed E-state index contributed by atoms with van der Waals surface area (Å²) in [5.74, 6) is 5.09. The van der Waals surface area contributed by atoms with Crippen molar-refractivity contribution >= 4 is 5.78 Å². The molecule has 0 aliphatic heterocycles.